The van der Waals surface area contributed by atoms with Crippen molar-refractivity contribution >= 4 is 0 Å². The zero-order valence-corrected chi connectivity index (χ0v) is 13.9. The molecule has 2 heterocycles. The highest BCUT2D eigenvalue weighted by molar-refractivity contribution is 4.86. The van der Waals surface area contributed by atoms with E-state index in [2.05, 4.69) is 0 Å². The molecule has 2 rings (SSSR count). The molecule has 0 radical (unpaired) electrons. The van der Waals surface area contributed by atoms with Crippen LogP contribution in [0.5, 0.6) is 0 Å². The Morgan fingerprint density at radius 3 is 2.00 bits per heavy atom. The van der Waals surface area contributed by atoms with Gasteiger partial charge in [-0.25, -0.2) is 0 Å². The molecule has 8 unspecified atom stereocenters. The molecule has 0 aromatic heterocycles. The highest BCUT2D eigenvalue weighted by atomic mass is 16.7. The maximum Gasteiger partial charge on any atom is 0.161 e. The van der Waals surface area contributed by atoms with Gasteiger partial charge in [-0.1, -0.05) is 0 Å². The van der Waals surface area contributed by atoms with Gasteiger partial charge in [-0.15, -0.1) is 0 Å². The molecule has 2 fully saturated rings. The Balaban J connectivity index is 1.99. The van der Waals surface area contributed by atoms with Crippen LogP contribution in [0.15, 0.2) is 0 Å². The Morgan fingerprint density at radius 2 is 1.41 bits per heavy atom. The van der Waals surface area contributed by atoms with Gasteiger partial charge in [0.05, 0.1) is 24.4 Å². The molecule has 0 bridgehead atoms. The summed E-state index contributed by atoms with van der Waals surface area (Å²) in [7, 11) is 4.84. The third kappa shape index (κ3) is 3.97. The standard InChI is InChI=1S/C15H28O7/c1-8-14(16)10(17-3)6-13(20-8)22-15-9(2)21-12(19-5)7-11(15)18-4/h8-16H,6-7H2,1-5H3. The highest BCUT2D eigenvalue weighted by Gasteiger charge is 2.42. The average molecular weight is 320 g/mol. The second-order valence-corrected chi connectivity index (χ2v) is 5.89. The van der Waals surface area contributed by atoms with E-state index in [1.54, 1.807) is 21.3 Å². The van der Waals surface area contributed by atoms with Gasteiger partial charge in [0.2, 0.25) is 0 Å². The summed E-state index contributed by atoms with van der Waals surface area (Å²) in [5.74, 6) is 0. The first-order valence-corrected chi connectivity index (χ1v) is 7.73. The lowest BCUT2D eigenvalue weighted by molar-refractivity contribution is -0.312. The Hall–Kier alpha value is -0.280. The molecule has 2 saturated heterocycles. The Labute approximate surface area is 131 Å². The minimum Gasteiger partial charge on any atom is -0.388 e. The zero-order valence-electron chi connectivity index (χ0n) is 13.9. The van der Waals surface area contributed by atoms with Gasteiger partial charge in [-0.2, -0.15) is 0 Å². The molecule has 22 heavy (non-hydrogen) atoms. The number of methoxy groups -OCH3 is 3. The molecule has 0 aliphatic carbocycles. The zero-order chi connectivity index (χ0) is 16.3. The number of aliphatic hydroxyl groups excluding tert-OH is 1. The van der Waals surface area contributed by atoms with Crippen LogP contribution in [0.4, 0.5) is 0 Å². The van der Waals surface area contributed by atoms with E-state index >= 15 is 0 Å². The molecular formula is C15H28O7. The lowest BCUT2D eigenvalue weighted by Gasteiger charge is -2.43. The summed E-state index contributed by atoms with van der Waals surface area (Å²) < 4.78 is 33.7. The van der Waals surface area contributed by atoms with E-state index in [9.17, 15) is 5.11 Å². The monoisotopic (exact) mass is 320 g/mol. The molecule has 7 heteroatoms. The van der Waals surface area contributed by atoms with E-state index in [4.69, 9.17) is 28.4 Å². The summed E-state index contributed by atoms with van der Waals surface area (Å²) in [5.41, 5.74) is 0. The first-order valence-electron chi connectivity index (χ1n) is 7.73. The van der Waals surface area contributed by atoms with Crippen LogP contribution in [-0.2, 0) is 28.4 Å². The quantitative estimate of drug-likeness (QED) is 0.798. The first kappa shape index (κ1) is 18.1. The van der Waals surface area contributed by atoms with Crippen molar-refractivity contribution in [3.05, 3.63) is 0 Å². The smallest absolute Gasteiger partial charge is 0.161 e. The van der Waals surface area contributed by atoms with E-state index in [0.29, 0.717) is 12.8 Å². The third-order valence-electron chi connectivity index (χ3n) is 4.45. The van der Waals surface area contributed by atoms with Gasteiger partial charge in [-0.3, -0.25) is 0 Å². The summed E-state index contributed by atoms with van der Waals surface area (Å²) in [6.07, 6.45) is -1.58. The molecule has 7 nitrogen and oxygen atoms in total. The van der Waals surface area contributed by atoms with Gasteiger partial charge in [-0.05, 0) is 13.8 Å². The van der Waals surface area contributed by atoms with Crippen LogP contribution >= 0.6 is 0 Å². The van der Waals surface area contributed by atoms with Crippen LogP contribution in [-0.4, -0.2) is 75.6 Å². The summed E-state index contributed by atoms with van der Waals surface area (Å²) in [5, 5.41) is 10.0. The van der Waals surface area contributed by atoms with Crippen molar-refractivity contribution in [2.24, 2.45) is 0 Å². The fourth-order valence-electron chi connectivity index (χ4n) is 3.08. The molecule has 0 aromatic rings. The molecule has 0 spiro atoms. The second-order valence-electron chi connectivity index (χ2n) is 5.89. The molecule has 0 saturated carbocycles. The van der Waals surface area contributed by atoms with Gasteiger partial charge in [0.1, 0.15) is 12.2 Å². The van der Waals surface area contributed by atoms with Gasteiger partial charge in [0, 0.05) is 34.2 Å². The Morgan fingerprint density at radius 1 is 0.818 bits per heavy atom. The summed E-state index contributed by atoms with van der Waals surface area (Å²) in [4.78, 5) is 0. The van der Waals surface area contributed by atoms with Crippen molar-refractivity contribution in [2.45, 2.75) is 75.9 Å². The van der Waals surface area contributed by atoms with E-state index in [1.165, 1.54) is 0 Å². The molecule has 8 atom stereocenters. The number of aliphatic hydroxyl groups is 1. The van der Waals surface area contributed by atoms with Gasteiger partial charge >= 0.3 is 0 Å². The number of ether oxygens (including phenoxy) is 6. The molecule has 2 aliphatic rings. The van der Waals surface area contributed by atoms with Gasteiger partial charge in [0.15, 0.2) is 12.6 Å². The lowest BCUT2D eigenvalue weighted by atomic mass is 10.00. The SMILES string of the molecule is COC1CC(OC)C(OC2CC(OC)C(O)C(C)O2)C(C)O1. The Kier molecular flexibility index (Phi) is 6.58. The predicted octanol–water partition coefficient (Wildman–Crippen LogP) is 0.679. The van der Waals surface area contributed by atoms with Gasteiger partial charge in [0.25, 0.3) is 0 Å². The van der Waals surface area contributed by atoms with Crippen molar-refractivity contribution in [1.82, 2.24) is 0 Å². The lowest BCUT2D eigenvalue weighted by Crippen LogP contribution is -2.54. The second kappa shape index (κ2) is 8.01. The summed E-state index contributed by atoms with van der Waals surface area (Å²) >= 11 is 0. The molecule has 0 aromatic carbocycles. The maximum atomic E-state index is 10.0. The van der Waals surface area contributed by atoms with Crippen molar-refractivity contribution in [3.63, 3.8) is 0 Å². The maximum absolute atomic E-state index is 10.0. The summed E-state index contributed by atoms with van der Waals surface area (Å²) in [6.45, 7) is 3.73. The normalized spacial score (nSPS) is 46.6. The van der Waals surface area contributed by atoms with Crippen molar-refractivity contribution in [1.29, 1.82) is 0 Å². The van der Waals surface area contributed by atoms with Crippen molar-refractivity contribution in [2.75, 3.05) is 21.3 Å². The molecule has 2 aliphatic heterocycles. The van der Waals surface area contributed by atoms with E-state index in [-0.39, 0.29) is 36.8 Å². The van der Waals surface area contributed by atoms with Crippen molar-refractivity contribution < 1.29 is 33.5 Å². The van der Waals surface area contributed by atoms with Crippen LogP contribution in [0.25, 0.3) is 0 Å². The van der Waals surface area contributed by atoms with Gasteiger partial charge < -0.3 is 33.5 Å². The summed E-state index contributed by atoms with van der Waals surface area (Å²) in [6, 6.07) is 0. The van der Waals surface area contributed by atoms with E-state index in [0.717, 1.165) is 0 Å². The first-order chi connectivity index (χ1) is 10.5. The molecular weight excluding hydrogens is 292 g/mol. The molecule has 0 amide bonds. The van der Waals surface area contributed by atoms with E-state index < -0.39 is 12.4 Å². The third-order valence-corrected chi connectivity index (χ3v) is 4.45. The average Bonchev–Trinajstić information content (AvgIpc) is 2.52. The highest BCUT2D eigenvalue weighted by Crippen LogP contribution is 2.30. The van der Waals surface area contributed by atoms with Crippen LogP contribution in [0.1, 0.15) is 26.7 Å². The molecule has 1 N–H and O–H groups in total. The minimum absolute atomic E-state index is 0.138. The van der Waals surface area contributed by atoms with E-state index in [1.807, 2.05) is 13.8 Å². The largest absolute Gasteiger partial charge is 0.388 e. The van der Waals surface area contributed by atoms with Crippen LogP contribution in [0, 0.1) is 0 Å². The fraction of sp³-hybridized carbons (Fsp3) is 1.00. The van der Waals surface area contributed by atoms with Crippen LogP contribution < -0.4 is 0 Å². The van der Waals surface area contributed by atoms with Crippen molar-refractivity contribution in [3.8, 4) is 0 Å². The number of rotatable bonds is 5. The van der Waals surface area contributed by atoms with Crippen LogP contribution in [0.3, 0.4) is 0 Å². The number of hydrogen-bond donors (Lipinski definition) is 1. The Bertz CT molecular complexity index is 340. The number of hydrogen-bond acceptors (Lipinski definition) is 7. The fourth-order valence-corrected chi connectivity index (χ4v) is 3.08. The topological polar surface area (TPSA) is 75.6 Å². The van der Waals surface area contributed by atoms with Crippen LogP contribution in [0.2, 0.25) is 0 Å². The minimum atomic E-state index is -0.652. The predicted molar refractivity (Wildman–Crippen MR) is 77.4 cm³/mol. The molecule has 130 valence electrons.